The molecule has 0 unspecified atom stereocenters. The van der Waals surface area contributed by atoms with E-state index in [9.17, 15) is 28.1 Å². The van der Waals surface area contributed by atoms with Gasteiger partial charge in [0, 0.05) is 31.9 Å². The van der Waals surface area contributed by atoms with Gasteiger partial charge in [0.1, 0.15) is 4.90 Å². The molecule has 0 fully saturated rings. The first-order chi connectivity index (χ1) is 13.5. The van der Waals surface area contributed by atoms with Crippen LogP contribution in [0.5, 0.6) is 0 Å². The summed E-state index contributed by atoms with van der Waals surface area (Å²) in [7, 11) is -1.24. The number of carbonyl (C=O) groups excluding carboxylic acids is 2. The van der Waals surface area contributed by atoms with Crippen LogP contribution in [0.2, 0.25) is 5.02 Å². The highest BCUT2D eigenvalue weighted by molar-refractivity contribution is 7.89. The van der Waals surface area contributed by atoms with Crippen LogP contribution in [0.3, 0.4) is 0 Å². The highest BCUT2D eigenvalue weighted by Crippen LogP contribution is 2.25. The van der Waals surface area contributed by atoms with E-state index in [2.05, 4.69) is 5.32 Å². The topological polar surface area (TPSA) is 136 Å². The Labute approximate surface area is 171 Å². The average Bonchev–Trinajstić information content (AvgIpc) is 2.66. The van der Waals surface area contributed by atoms with Gasteiger partial charge in [-0.1, -0.05) is 11.6 Å². The molecule has 0 aliphatic rings. The van der Waals surface area contributed by atoms with Crippen molar-refractivity contribution in [3.05, 3.63) is 63.2 Å². The van der Waals surface area contributed by atoms with Crippen LogP contribution >= 0.6 is 11.6 Å². The fourth-order valence-corrected chi connectivity index (χ4v) is 3.50. The van der Waals surface area contributed by atoms with Crippen molar-refractivity contribution < 1.29 is 27.7 Å². The van der Waals surface area contributed by atoms with E-state index in [0.29, 0.717) is 0 Å². The molecular weight excluding hydrogens is 426 g/mol. The van der Waals surface area contributed by atoms with Crippen LogP contribution in [-0.4, -0.2) is 50.2 Å². The number of rotatable bonds is 7. The third-order valence-electron chi connectivity index (χ3n) is 3.62. The summed E-state index contributed by atoms with van der Waals surface area (Å²) in [5.41, 5.74) is 0.0427. The molecule has 0 spiro atoms. The second-order valence-electron chi connectivity index (χ2n) is 5.86. The van der Waals surface area contributed by atoms with Crippen molar-refractivity contribution in [3.8, 4) is 0 Å². The lowest BCUT2D eigenvalue weighted by Gasteiger charge is -2.13. The van der Waals surface area contributed by atoms with Crippen LogP contribution in [0, 0.1) is 10.1 Å². The molecule has 2 rings (SSSR count). The first-order valence-corrected chi connectivity index (χ1v) is 9.77. The molecule has 0 aromatic heterocycles. The summed E-state index contributed by atoms with van der Waals surface area (Å²) in [6.45, 7) is -0.645. The Kier molecular flexibility index (Phi) is 6.90. The second kappa shape index (κ2) is 8.99. The summed E-state index contributed by atoms with van der Waals surface area (Å²) < 4.78 is 30.3. The normalized spacial score (nSPS) is 11.2. The first kappa shape index (κ1) is 22.3. The average molecular weight is 442 g/mol. The minimum absolute atomic E-state index is 0.0637. The number of anilines is 1. The number of amides is 1. The first-order valence-electron chi connectivity index (χ1n) is 7.96. The number of esters is 1. The van der Waals surface area contributed by atoms with E-state index in [-0.39, 0.29) is 26.9 Å². The standard InChI is InChI=1S/C17H16ClN3O7S/c1-20(2)29(26,27)15-9-11(3-8-14(15)18)17(23)28-10-16(22)19-12-4-6-13(7-5-12)21(24)25/h3-9H,10H2,1-2H3,(H,19,22). The molecule has 0 saturated carbocycles. The summed E-state index contributed by atoms with van der Waals surface area (Å²) in [4.78, 5) is 33.8. The quantitative estimate of drug-likeness (QED) is 0.395. The lowest BCUT2D eigenvalue weighted by Crippen LogP contribution is -2.23. The Morgan fingerprint density at radius 2 is 1.79 bits per heavy atom. The number of hydrogen-bond donors (Lipinski definition) is 1. The summed E-state index contributed by atoms with van der Waals surface area (Å²) in [6.07, 6.45) is 0. The molecule has 12 heteroatoms. The number of benzene rings is 2. The number of non-ortho nitro benzene ring substituents is 1. The van der Waals surface area contributed by atoms with Crippen LogP contribution in [-0.2, 0) is 19.6 Å². The van der Waals surface area contributed by atoms with Crippen molar-refractivity contribution in [2.45, 2.75) is 4.90 Å². The van der Waals surface area contributed by atoms with E-state index < -0.39 is 33.4 Å². The third kappa shape index (κ3) is 5.50. The largest absolute Gasteiger partial charge is 0.452 e. The highest BCUT2D eigenvalue weighted by atomic mass is 35.5. The fourth-order valence-electron chi connectivity index (χ4n) is 2.10. The van der Waals surface area contributed by atoms with Crippen molar-refractivity contribution in [1.82, 2.24) is 4.31 Å². The van der Waals surface area contributed by atoms with E-state index in [4.69, 9.17) is 16.3 Å². The SMILES string of the molecule is CN(C)S(=O)(=O)c1cc(C(=O)OCC(=O)Nc2ccc([N+](=O)[O-])cc2)ccc1Cl. The maximum absolute atomic E-state index is 12.2. The van der Waals surface area contributed by atoms with Gasteiger partial charge in [-0.2, -0.15) is 0 Å². The number of ether oxygens (including phenoxy) is 1. The molecule has 29 heavy (non-hydrogen) atoms. The van der Waals surface area contributed by atoms with Crippen molar-refractivity contribution in [3.63, 3.8) is 0 Å². The third-order valence-corrected chi connectivity index (χ3v) is 5.92. The lowest BCUT2D eigenvalue weighted by molar-refractivity contribution is -0.384. The van der Waals surface area contributed by atoms with Crippen LogP contribution in [0.15, 0.2) is 47.4 Å². The molecule has 0 saturated heterocycles. The number of nitrogens with one attached hydrogen (secondary N) is 1. The summed E-state index contributed by atoms with van der Waals surface area (Å²) in [6, 6.07) is 8.66. The van der Waals surface area contributed by atoms with Crippen LogP contribution < -0.4 is 5.32 Å². The van der Waals surface area contributed by atoms with Gasteiger partial charge in [0.2, 0.25) is 10.0 Å². The monoisotopic (exact) mass is 441 g/mol. The van der Waals surface area contributed by atoms with Gasteiger partial charge in [-0.05, 0) is 30.3 Å². The van der Waals surface area contributed by atoms with E-state index >= 15 is 0 Å². The van der Waals surface area contributed by atoms with Crippen LogP contribution in [0.1, 0.15) is 10.4 Å². The molecule has 0 aliphatic heterocycles. The minimum atomic E-state index is -3.88. The molecule has 0 atom stereocenters. The summed E-state index contributed by atoms with van der Waals surface area (Å²) in [5.74, 6) is -1.60. The Morgan fingerprint density at radius 3 is 2.34 bits per heavy atom. The molecule has 0 bridgehead atoms. The molecule has 0 aliphatic carbocycles. The van der Waals surface area contributed by atoms with Crippen molar-refractivity contribution in [1.29, 1.82) is 0 Å². The predicted molar refractivity (Wildman–Crippen MR) is 104 cm³/mol. The zero-order valence-electron chi connectivity index (χ0n) is 15.3. The maximum Gasteiger partial charge on any atom is 0.338 e. The second-order valence-corrected chi connectivity index (χ2v) is 8.39. The molecular formula is C17H16ClN3O7S. The Bertz CT molecular complexity index is 1050. The fraction of sp³-hybridized carbons (Fsp3) is 0.176. The van der Waals surface area contributed by atoms with Gasteiger partial charge >= 0.3 is 5.97 Å². The molecule has 1 N–H and O–H groups in total. The number of nitrogens with zero attached hydrogens (tertiary/aromatic N) is 2. The smallest absolute Gasteiger partial charge is 0.338 e. The van der Waals surface area contributed by atoms with Crippen LogP contribution in [0.25, 0.3) is 0 Å². The van der Waals surface area contributed by atoms with Crippen molar-refractivity contribution >= 4 is 44.9 Å². The van der Waals surface area contributed by atoms with Gasteiger partial charge in [0.25, 0.3) is 11.6 Å². The van der Waals surface area contributed by atoms with E-state index in [1.165, 1.54) is 50.5 Å². The van der Waals surface area contributed by atoms with E-state index in [1.807, 2.05) is 0 Å². The maximum atomic E-state index is 12.2. The van der Waals surface area contributed by atoms with Crippen LogP contribution in [0.4, 0.5) is 11.4 Å². The Balaban J connectivity index is 2.03. The zero-order chi connectivity index (χ0) is 21.8. The minimum Gasteiger partial charge on any atom is -0.452 e. The lowest BCUT2D eigenvalue weighted by atomic mass is 10.2. The summed E-state index contributed by atoms with van der Waals surface area (Å²) in [5, 5.41) is 13.0. The molecule has 0 radical (unpaired) electrons. The number of sulfonamides is 1. The van der Waals surface area contributed by atoms with E-state index in [0.717, 1.165) is 10.4 Å². The van der Waals surface area contributed by atoms with Crippen molar-refractivity contribution in [2.24, 2.45) is 0 Å². The van der Waals surface area contributed by atoms with Gasteiger partial charge in [-0.25, -0.2) is 17.5 Å². The number of hydrogen-bond acceptors (Lipinski definition) is 7. The van der Waals surface area contributed by atoms with Gasteiger partial charge in [-0.3, -0.25) is 14.9 Å². The highest BCUT2D eigenvalue weighted by Gasteiger charge is 2.23. The van der Waals surface area contributed by atoms with Crippen molar-refractivity contribution in [2.75, 3.05) is 26.0 Å². The van der Waals surface area contributed by atoms with Gasteiger partial charge in [-0.15, -0.1) is 0 Å². The number of nitro groups is 1. The molecule has 10 nitrogen and oxygen atoms in total. The number of halogens is 1. The molecule has 2 aromatic rings. The zero-order valence-corrected chi connectivity index (χ0v) is 16.9. The molecule has 2 aromatic carbocycles. The molecule has 0 heterocycles. The molecule has 1 amide bonds. The number of carbonyl (C=O) groups is 2. The van der Waals surface area contributed by atoms with E-state index in [1.54, 1.807) is 0 Å². The van der Waals surface area contributed by atoms with Gasteiger partial charge in [0.05, 0.1) is 15.5 Å². The number of nitro benzene ring substituents is 1. The Hall–Kier alpha value is -3.02. The Morgan fingerprint density at radius 1 is 1.17 bits per heavy atom. The van der Waals surface area contributed by atoms with Gasteiger partial charge < -0.3 is 10.1 Å². The predicted octanol–water partition coefficient (Wildman–Crippen LogP) is 2.29. The molecule has 154 valence electrons. The van der Waals surface area contributed by atoms with Gasteiger partial charge in [0.15, 0.2) is 6.61 Å². The summed E-state index contributed by atoms with van der Waals surface area (Å²) >= 11 is 5.91.